The van der Waals surface area contributed by atoms with Crippen LogP contribution in [-0.4, -0.2) is 55.6 Å². The lowest BCUT2D eigenvalue weighted by atomic mass is 10.2. The van der Waals surface area contributed by atoms with E-state index in [0.717, 1.165) is 30.1 Å². The average molecular weight is 312 g/mol. The van der Waals surface area contributed by atoms with E-state index in [1.807, 2.05) is 7.05 Å². The number of anilines is 1. The molecule has 0 fully saturated rings. The minimum Gasteiger partial charge on any atom is -0.385 e. The molecule has 1 aromatic heterocycles. The highest BCUT2D eigenvalue weighted by Gasteiger charge is 2.20. The van der Waals surface area contributed by atoms with E-state index in [4.69, 9.17) is 4.74 Å². The van der Waals surface area contributed by atoms with Crippen LogP contribution in [0.3, 0.4) is 0 Å². The summed E-state index contributed by atoms with van der Waals surface area (Å²) >= 11 is 1.43. The number of thiazole rings is 1. The zero-order valence-electron chi connectivity index (χ0n) is 12.3. The number of hydrogen-bond donors (Lipinski definition) is 2. The molecule has 1 aromatic rings. The highest BCUT2D eigenvalue weighted by atomic mass is 32.1. The van der Waals surface area contributed by atoms with Gasteiger partial charge in [-0.2, -0.15) is 0 Å². The summed E-state index contributed by atoms with van der Waals surface area (Å²) in [5.41, 5.74) is 1.02. The molecule has 2 rings (SSSR count). The van der Waals surface area contributed by atoms with Crippen LogP contribution in [-0.2, 0) is 27.3 Å². The van der Waals surface area contributed by atoms with Crippen LogP contribution in [0.2, 0.25) is 0 Å². The molecule has 0 atom stereocenters. The molecule has 1 aliphatic heterocycles. The zero-order chi connectivity index (χ0) is 15.2. The van der Waals surface area contributed by atoms with Gasteiger partial charge in [-0.25, -0.2) is 4.98 Å². The number of likely N-dealkylation sites (N-methyl/N-ethyl adjacent to an activating group) is 1. The van der Waals surface area contributed by atoms with Crippen LogP contribution in [0.4, 0.5) is 5.13 Å². The van der Waals surface area contributed by atoms with Crippen LogP contribution in [0.5, 0.6) is 0 Å². The van der Waals surface area contributed by atoms with Crippen molar-refractivity contribution in [1.29, 1.82) is 0 Å². The third-order valence-electron chi connectivity index (χ3n) is 3.16. The number of fused-ring (bicyclic) bond motifs is 1. The number of rotatable bonds is 5. The summed E-state index contributed by atoms with van der Waals surface area (Å²) in [7, 11) is 3.64. The Balaban J connectivity index is 1.84. The molecule has 21 heavy (non-hydrogen) atoms. The minimum atomic E-state index is -0.674. The number of methoxy groups -OCH3 is 1. The molecule has 0 aliphatic carbocycles. The third-order valence-corrected chi connectivity index (χ3v) is 4.16. The van der Waals surface area contributed by atoms with Crippen molar-refractivity contribution in [2.45, 2.75) is 19.4 Å². The Morgan fingerprint density at radius 1 is 1.43 bits per heavy atom. The van der Waals surface area contributed by atoms with Gasteiger partial charge < -0.3 is 15.0 Å². The molecule has 2 N–H and O–H groups in total. The molecule has 116 valence electrons. The van der Waals surface area contributed by atoms with Crippen LogP contribution < -0.4 is 10.6 Å². The van der Waals surface area contributed by atoms with Gasteiger partial charge in [0.15, 0.2) is 5.13 Å². The Labute approximate surface area is 127 Å². The van der Waals surface area contributed by atoms with Crippen LogP contribution in [0.25, 0.3) is 0 Å². The van der Waals surface area contributed by atoms with E-state index in [-0.39, 0.29) is 0 Å². The van der Waals surface area contributed by atoms with E-state index in [2.05, 4.69) is 20.5 Å². The van der Waals surface area contributed by atoms with E-state index in [1.54, 1.807) is 7.11 Å². The molecule has 0 spiro atoms. The fraction of sp³-hybridized carbons (Fsp3) is 0.615. The van der Waals surface area contributed by atoms with Crippen molar-refractivity contribution >= 4 is 28.3 Å². The Hall–Kier alpha value is -1.51. The van der Waals surface area contributed by atoms with Crippen molar-refractivity contribution in [3.05, 3.63) is 10.6 Å². The van der Waals surface area contributed by atoms with Gasteiger partial charge in [-0.1, -0.05) is 0 Å². The monoisotopic (exact) mass is 312 g/mol. The molecule has 0 aromatic carbocycles. The molecule has 7 nitrogen and oxygen atoms in total. The number of nitrogens with zero attached hydrogens (tertiary/aromatic N) is 2. The second kappa shape index (κ2) is 7.48. The van der Waals surface area contributed by atoms with Crippen LogP contribution in [0, 0.1) is 0 Å². The molecule has 8 heteroatoms. The van der Waals surface area contributed by atoms with Crippen molar-refractivity contribution in [3.63, 3.8) is 0 Å². The Kier molecular flexibility index (Phi) is 5.66. The van der Waals surface area contributed by atoms with E-state index in [1.165, 1.54) is 11.3 Å². The van der Waals surface area contributed by atoms with Crippen molar-refractivity contribution in [2.24, 2.45) is 0 Å². The maximum Gasteiger partial charge on any atom is 0.315 e. The standard InChI is InChI=1S/C13H20N4O3S/c1-17-6-4-9-10(8-17)21-13(15-9)16-12(19)11(18)14-5-3-7-20-2/h3-8H2,1-2H3,(H,14,18)(H,15,16,19). The summed E-state index contributed by atoms with van der Waals surface area (Å²) in [6, 6.07) is 0. The number of nitrogens with one attached hydrogen (secondary N) is 2. The third kappa shape index (κ3) is 4.48. The lowest BCUT2D eigenvalue weighted by Crippen LogP contribution is -2.36. The lowest BCUT2D eigenvalue weighted by molar-refractivity contribution is -0.136. The van der Waals surface area contributed by atoms with E-state index >= 15 is 0 Å². The first-order chi connectivity index (χ1) is 10.1. The Morgan fingerprint density at radius 2 is 2.24 bits per heavy atom. The van der Waals surface area contributed by atoms with Gasteiger partial charge >= 0.3 is 11.8 Å². The van der Waals surface area contributed by atoms with Gasteiger partial charge in [0.1, 0.15) is 0 Å². The van der Waals surface area contributed by atoms with Crippen molar-refractivity contribution in [2.75, 3.05) is 39.2 Å². The zero-order valence-corrected chi connectivity index (χ0v) is 13.1. The summed E-state index contributed by atoms with van der Waals surface area (Å²) in [4.78, 5) is 31.1. The van der Waals surface area contributed by atoms with Gasteiger partial charge in [-0.05, 0) is 13.5 Å². The predicted octanol–water partition coefficient (Wildman–Crippen LogP) is 0.222. The largest absolute Gasteiger partial charge is 0.385 e. The molecular formula is C13H20N4O3S. The van der Waals surface area contributed by atoms with Crippen LogP contribution >= 0.6 is 11.3 Å². The summed E-state index contributed by atoms with van der Waals surface area (Å²) in [6.07, 6.45) is 1.55. The van der Waals surface area contributed by atoms with Gasteiger partial charge in [0.2, 0.25) is 0 Å². The Morgan fingerprint density at radius 3 is 3.00 bits per heavy atom. The summed E-state index contributed by atoms with van der Waals surface area (Å²) < 4.78 is 4.87. The first kappa shape index (κ1) is 15.9. The molecule has 2 heterocycles. The quantitative estimate of drug-likeness (QED) is 0.600. The predicted molar refractivity (Wildman–Crippen MR) is 80.3 cm³/mol. The first-order valence-corrected chi connectivity index (χ1v) is 7.67. The number of amides is 2. The number of aromatic nitrogens is 1. The topological polar surface area (TPSA) is 83.6 Å². The summed E-state index contributed by atoms with van der Waals surface area (Å²) in [5.74, 6) is -1.32. The lowest BCUT2D eigenvalue weighted by Gasteiger charge is -2.20. The molecule has 0 unspecified atom stereocenters. The molecule has 1 aliphatic rings. The van der Waals surface area contributed by atoms with Gasteiger partial charge in [0.05, 0.1) is 5.69 Å². The van der Waals surface area contributed by atoms with Gasteiger partial charge in [-0.3, -0.25) is 14.9 Å². The number of ether oxygens (including phenoxy) is 1. The van der Waals surface area contributed by atoms with Gasteiger partial charge in [0, 0.05) is 44.6 Å². The molecule has 0 saturated carbocycles. The van der Waals surface area contributed by atoms with Crippen LogP contribution in [0.15, 0.2) is 0 Å². The van der Waals surface area contributed by atoms with Crippen molar-refractivity contribution in [1.82, 2.24) is 15.2 Å². The summed E-state index contributed by atoms with van der Waals surface area (Å²) in [6.45, 7) is 2.77. The molecule has 0 radical (unpaired) electrons. The molecule has 0 bridgehead atoms. The minimum absolute atomic E-state index is 0.416. The van der Waals surface area contributed by atoms with Crippen LogP contribution in [0.1, 0.15) is 17.0 Å². The van der Waals surface area contributed by atoms with Gasteiger partial charge in [0.25, 0.3) is 0 Å². The first-order valence-electron chi connectivity index (χ1n) is 6.85. The van der Waals surface area contributed by atoms with Gasteiger partial charge in [-0.15, -0.1) is 11.3 Å². The average Bonchev–Trinajstić information content (AvgIpc) is 2.84. The normalized spacial score (nSPS) is 14.6. The van der Waals surface area contributed by atoms with Crippen molar-refractivity contribution in [3.8, 4) is 0 Å². The highest BCUT2D eigenvalue weighted by Crippen LogP contribution is 2.27. The van der Waals surface area contributed by atoms with E-state index in [0.29, 0.717) is 24.7 Å². The molecular weight excluding hydrogens is 292 g/mol. The number of hydrogen-bond acceptors (Lipinski definition) is 6. The molecule has 2 amide bonds. The number of carbonyl (C=O) groups is 2. The fourth-order valence-electron chi connectivity index (χ4n) is 2.03. The Bertz CT molecular complexity index is 518. The van der Waals surface area contributed by atoms with E-state index < -0.39 is 11.8 Å². The maximum atomic E-state index is 11.8. The highest BCUT2D eigenvalue weighted by molar-refractivity contribution is 7.16. The number of carbonyl (C=O) groups excluding carboxylic acids is 2. The smallest absolute Gasteiger partial charge is 0.315 e. The summed E-state index contributed by atoms with van der Waals surface area (Å²) in [5, 5.41) is 5.60. The SMILES string of the molecule is COCCCNC(=O)C(=O)Nc1nc2c(s1)CN(C)CC2. The van der Waals surface area contributed by atoms with E-state index in [9.17, 15) is 9.59 Å². The molecule has 0 saturated heterocycles. The second-order valence-electron chi connectivity index (χ2n) is 4.93. The van der Waals surface area contributed by atoms with Crippen molar-refractivity contribution < 1.29 is 14.3 Å². The fourth-order valence-corrected chi connectivity index (χ4v) is 3.11. The maximum absolute atomic E-state index is 11.8. The second-order valence-corrected chi connectivity index (χ2v) is 6.02.